The third-order valence-electron chi connectivity index (χ3n) is 3.33. The number of carbonyl (C=O) groups is 2. The number of primary amides is 1. The molecule has 0 atom stereocenters. The molecule has 0 aliphatic carbocycles. The van der Waals surface area contributed by atoms with Crippen LogP contribution in [0.3, 0.4) is 0 Å². The first-order chi connectivity index (χ1) is 11.6. The molecule has 2 amide bonds. The molecular weight excluding hydrogens is 312 g/mol. The molecule has 0 fully saturated rings. The topological polar surface area (TPSA) is 121 Å². The number of furan rings is 1. The minimum Gasteiger partial charge on any atom is -0.454 e. The van der Waals surface area contributed by atoms with Gasteiger partial charge in [-0.15, -0.1) is 0 Å². The van der Waals surface area contributed by atoms with Crippen molar-refractivity contribution >= 4 is 17.5 Å². The van der Waals surface area contributed by atoms with Gasteiger partial charge in [0.15, 0.2) is 11.5 Å². The number of rotatable bonds is 6. The van der Waals surface area contributed by atoms with Gasteiger partial charge < -0.3 is 15.5 Å². The third-order valence-corrected chi connectivity index (χ3v) is 3.33. The molecule has 3 heterocycles. The second-order valence-electron chi connectivity index (χ2n) is 5.04. The molecule has 0 aliphatic heterocycles. The summed E-state index contributed by atoms with van der Waals surface area (Å²) in [7, 11) is 0. The predicted octanol–water partition coefficient (Wildman–Crippen LogP) is 1.09. The Bertz CT molecular complexity index is 862. The van der Waals surface area contributed by atoms with Gasteiger partial charge in [0.25, 0.3) is 11.8 Å². The summed E-state index contributed by atoms with van der Waals surface area (Å²) < 4.78 is 8.70. The lowest BCUT2D eigenvalue weighted by Crippen LogP contribution is -2.17. The first kappa shape index (κ1) is 15.5. The van der Waals surface area contributed by atoms with Crippen LogP contribution in [0.4, 0.5) is 5.69 Å². The largest absolute Gasteiger partial charge is 0.454 e. The van der Waals surface area contributed by atoms with E-state index in [4.69, 9.17) is 10.2 Å². The number of anilines is 1. The summed E-state index contributed by atoms with van der Waals surface area (Å²) in [5, 5.41) is 10.7. The van der Waals surface area contributed by atoms with E-state index in [-0.39, 0.29) is 17.1 Å². The maximum Gasteiger partial charge on any atom is 0.291 e. The molecule has 0 bridgehead atoms. The Balaban J connectivity index is 1.74. The van der Waals surface area contributed by atoms with Gasteiger partial charge in [0.1, 0.15) is 5.76 Å². The summed E-state index contributed by atoms with van der Waals surface area (Å²) in [6, 6.07) is 5.05. The molecule has 0 saturated heterocycles. The summed E-state index contributed by atoms with van der Waals surface area (Å²) in [5.74, 6) is -0.490. The molecule has 0 saturated carbocycles. The molecule has 0 unspecified atom stereocenters. The summed E-state index contributed by atoms with van der Waals surface area (Å²) in [6.45, 7) is 2.82. The van der Waals surface area contributed by atoms with Crippen molar-refractivity contribution in [2.24, 2.45) is 5.73 Å². The van der Waals surface area contributed by atoms with Crippen LogP contribution in [-0.2, 0) is 13.1 Å². The number of carbonyl (C=O) groups excluding carboxylic acids is 2. The van der Waals surface area contributed by atoms with Gasteiger partial charge in [-0.1, -0.05) is 0 Å². The Morgan fingerprint density at radius 3 is 2.83 bits per heavy atom. The Kier molecular flexibility index (Phi) is 4.15. The molecule has 3 N–H and O–H groups in total. The van der Waals surface area contributed by atoms with E-state index in [9.17, 15) is 9.59 Å². The van der Waals surface area contributed by atoms with Gasteiger partial charge in [0.2, 0.25) is 0 Å². The van der Waals surface area contributed by atoms with Crippen LogP contribution in [0.5, 0.6) is 0 Å². The molecule has 24 heavy (non-hydrogen) atoms. The van der Waals surface area contributed by atoms with Gasteiger partial charge in [0, 0.05) is 25.1 Å². The van der Waals surface area contributed by atoms with E-state index in [0.29, 0.717) is 18.8 Å². The van der Waals surface area contributed by atoms with Crippen LogP contribution in [0.15, 0.2) is 41.2 Å². The predicted molar refractivity (Wildman–Crippen MR) is 84.4 cm³/mol. The first-order valence-electron chi connectivity index (χ1n) is 7.31. The van der Waals surface area contributed by atoms with Crippen LogP contribution in [0, 0.1) is 0 Å². The molecule has 0 aliphatic rings. The number of nitrogens with zero attached hydrogens (tertiary/aromatic N) is 4. The van der Waals surface area contributed by atoms with Gasteiger partial charge in [-0.2, -0.15) is 10.2 Å². The van der Waals surface area contributed by atoms with Crippen LogP contribution in [0.2, 0.25) is 0 Å². The summed E-state index contributed by atoms with van der Waals surface area (Å²) >= 11 is 0. The van der Waals surface area contributed by atoms with Crippen LogP contribution in [-0.4, -0.2) is 31.4 Å². The van der Waals surface area contributed by atoms with Crippen LogP contribution in [0.1, 0.15) is 33.7 Å². The highest BCUT2D eigenvalue weighted by atomic mass is 16.4. The molecule has 3 aromatic rings. The number of aromatic nitrogens is 4. The fraction of sp³-hybridized carbons (Fsp3) is 0.200. The van der Waals surface area contributed by atoms with Gasteiger partial charge in [-0.25, -0.2) is 0 Å². The molecular formula is C15H16N6O3. The van der Waals surface area contributed by atoms with E-state index < -0.39 is 11.8 Å². The molecule has 3 rings (SSSR count). The SMILES string of the molecule is CCn1cc(NC(=O)c2ccc(Cn3cccn3)o2)c(C(N)=O)n1. The van der Waals surface area contributed by atoms with Crippen molar-refractivity contribution in [3.63, 3.8) is 0 Å². The van der Waals surface area contributed by atoms with Crippen LogP contribution in [0.25, 0.3) is 0 Å². The highest BCUT2D eigenvalue weighted by Crippen LogP contribution is 2.16. The van der Waals surface area contributed by atoms with Crippen molar-refractivity contribution in [2.45, 2.75) is 20.0 Å². The molecule has 9 nitrogen and oxygen atoms in total. The maximum absolute atomic E-state index is 12.3. The molecule has 0 radical (unpaired) electrons. The van der Waals surface area contributed by atoms with E-state index in [1.165, 1.54) is 4.68 Å². The fourth-order valence-corrected chi connectivity index (χ4v) is 2.18. The Morgan fingerprint density at radius 1 is 1.33 bits per heavy atom. The zero-order chi connectivity index (χ0) is 17.1. The van der Waals surface area contributed by atoms with E-state index in [0.717, 1.165) is 0 Å². The minimum absolute atomic E-state index is 0.00789. The maximum atomic E-state index is 12.3. The number of hydrogen-bond donors (Lipinski definition) is 2. The molecule has 3 aromatic heterocycles. The average Bonchev–Trinajstić information content (AvgIpc) is 3.27. The summed E-state index contributed by atoms with van der Waals surface area (Å²) in [4.78, 5) is 23.7. The molecule has 9 heteroatoms. The number of nitrogens with two attached hydrogens (primary N) is 1. The van der Waals surface area contributed by atoms with E-state index in [1.807, 2.05) is 6.92 Å². The molecule has 0 spiro atoms. The zero-order valence-electron chi connectivity index (χ0n) is 13.0. The highest BCUT2D eigenvalue weighted by molar-refractivity contribution is 6.06. The Labute approximate surface area is 137 Å². The summed E-state index contributed by atoms with van der Waals surface area (Å²) in [6.07, 6.45) is 5.00. The van der Waals surface area contributed by atoms with Crippen molar-refractivity contribution in [1.29, 1.82) is 0 Å². The van der Waals surface area contributed by atoms with Crippen molar-refractivity contribution in [1.82, 2.24) is 19.6 Å². The Hall–Kier alpha value is -3.36. The third kappa shape index (κ3) is 3.19. The smallest absolute Gasteiger partial charge is 0.291 e. The van der Waals surface area contributed by atoms with Gasteiger partial charge in [-0.3, -0.25) is 19.0 Å². The second kappa shape index (κ2) is 6.41. The monoisotopic (exact) mass is 328 g/mol. The fourth-order valence-electron chi connectivity index (χ4n) is 2.18. The van der Waals surface area contributed by atoms with Crippen molar-refractivity contribution in [3.8, 4) is 0 Å². The molecule has 124 valence electrons. The quantitative estimate of drug-likeness (QED) is 0.701. The Morgan fingerprint density at radius 2 is 2.17 bits per heavy atom. The van der Waals surface area contributed by atoms with Crippen molar-refractivity contribution in [3.05, 3.63) is 54.0 Å². The highest BCUT2D eigenvalue weighted by Gasteiger charge is 2.18. The van der Waals surface area contributed by atoms with Crippen LogP contribution >= 0.6 is 0 Å². The van der Waals surface area contributed by atoms with Gasteiger partial charge >= 0.3 is 0 Å². The number of aryl methyl sites for hydroxylation is 1. The lowest BCUT2D eigenvalue weighted by Gasteiger charge is -2.01. The normalized spacial score (nSPS) is 10.7. The lowest BCUT2D eigenvalue weighted by molar-refractivity contribution is 0.0994. The van der Waals surface area contributed by atoms with Crippen molar-refractivity contribution < 1.29 is 14.0 Å². The van der Waals surface area contributed by atoms with Gasteiger partial charge in [0.05, 0.1) is 12.2 Å². The standard InChI is InChI=1S/C15H16N6O3/c1-2-20-9-11(13(19-20)14(16)22)18-15(23)12-5-4-10(24-12)8-21-7-3-6-17-21/h3-7,9H,2,8H2,1H3,(H2,16,22)(H,18,23). The van der Waals surface area contributed by atoms with Crippen LogP contribution < -0.4 is 11.1 Å². The van der Waals surface area contributed by atoms with E-state index in [2.05, 4.69) is 15.5 Å². The number of nitrogens with one attached hydrogen (secondary N) is 1. The minimum atomic E-state index is -0.712. The van der Waals surface area contributed by atoms with E-state index in [1.54, 1.807) is 41.5 Å². The number of hydrogen-bond acceptors (Lipinski definition) is 5. The zero-order valence-corrected chi connectivity index (χ0v) is 13.0. The second-order valence-corrected chi connectivity index (χ2v) is 5.04. The first-order valence-corrected chi connectivity index (χ1v) is 7.31. The number of amides is 2. The van der Waals surface area contributed by atoms with Crippen molar-refractivity contribution in [2.75, 3.05) is 5.32 Å². The lowest BCUT2D eigenvalue weighted by atomic mass is 10.3. The average molecular weight is 328 g/mol. The van der Waals surface area contributed by atoms with Gasteiger partial charge in [-0.05, 0) is 25.1 Å². The summed E-state index contributed by atoms with van der Waals surface area (Å²) in [5.41, 5.74) is 5.53. The molecule has 0 aromatic carbocycles. The van der Waals surface area contributed by atoms with E-state index >= 15 is 0 Å².